The van der Waals surface area contributed by atoms with Gasteiger partial charge in [-0.25, -0.2) is 0 Å². The summed E-state index contributed by atoms with van der Waals surface area (Å²) in [4.78, 5) is 15.4. The molecule has 0 amide bonds. The number of aromatic nitrogens is 1. The smallest absolute Gasteiger partial charge is 0.248 e. The Morgan fingerprint density at radius 3 is 2.19 bits per heavy atom. The molecule has 5 heteroatoms. The Bertz CT molecular complexity index is 1100. The summed E-state index contributed by atoms with van der Waals surface area (Å²) in [6, 6.07) is 13.4. The van der Waals surface area contributed by atoms with E-state index in [0.29, 0.717) is 12.4 Å². The van der Waals surface area contributed by atoms with Gasteiger partial charge >= 0.3 is 0 Å². The van der Waals surface area contributed by atoms with Gasteiger partial charge in [0.1, 0.15) is 11.5 Å². The van der Waals surface area contributed by atoms with Crippen LogP contribution in [0.25, 0.3) is 10.9 Å². The van der Waals surface area contributed by atoms with Crippen molar-refractivity contribution >= 4 is 22.7 Å². The molecule has 2 aromatic carbocycles. The highest BCUT2D eigenvalue weighted by Gasteiger charge is 2.26. The van der Waals surface area contributed by atoms with E-state index >= 15 is 0 Å². The zero-order valence-corrected chi connectivity index (χ0v) is 20.9. The van der Waals surface area contributed by atoms with Crippen molar-refractivity contribution in [3.63, 3.8) is 0 Å². The molecule has 1 aromatic heterocycles. The minimum absolute atomic E-state index is 0.0958. The topological polar surface area (TPSA) is 62.3 Å². The highest BCUT2D eigenvalue weighted by molar-refractivity contribution is 7.99. The predicted octanol–water partition coefficient (Wildman–Crippen LogP) is 6.78. The van der Waals surface area contributed by atoms with Gasteiger partial charge in [0.05, 0.1) is 6.61 Å². The standard InChI is InChI=1S/C27H35NO3S/c1-26(2,3)21-16-20(17-22(25(21)30)27(4,5)6)32-14-8-7-13-31-19-10-11-23-18(15-19)9-12-24(29)28-23/h9-12,15-17,30H,7-8,13-14H2,1-6H3,(H,28,29). The molecular formula is C27H35NO3S. The number of phenols is 1. The zero-order chi connectivity index (χ0) is 23.5. The molecule has 0 unspecified atom stereocenters. The van der Waals surface area contributed by atoms with Crippen LogP contribution in [0, 0.1) is 0 Å². The highest BCUT2D eigenvalue weighted by Crippen LogP contribution is 2.41. The van der Waals surface area contributed by atoms with Crippen molar-refractivity contribution in [1.29, 1.82) is 0 Å². The van der Waals surface area contributed by atoms with Crippen LogP contribution < -0.4 is 10.3 Å². The highest BCUT2D eigenvalue weighted by atomic mass is 32.2. The Balaban J connectivity index is 1.55. The number of phenolic OH excluding ortho intramolecular Hbond substituents is 1. The lowest BCUT2D eigenvalue weighted by atomic mass is 9.79. The van der Waals surface area contributed by atoms with E-state index < -0.39 is 0 Å². The lowest BCUT2D eigenvalue weighted by Gasteiger charge is -2.28. The molecule has 0 spiro atoms. The molecule has 172 valence electrons. The molecule has 0 atom stereocenters. The van der Waals surface area contributed by atoms with Gasteiger partial charge in [0.25, 0.3) is 0 Å². The maximum atomic E-state index is 11.4. The monoisotopic (exact) mass is 453 g/mol. The van der Waals surface area contributed by atoms with Crippen LogP contribution in [0.15, 0.2) is 52.2 Å². The van der Waals surface area contributed by atoms with E-state index in [4.69, 9.17) is 4.74 Å². The predicted molar refractivity (Wildman–Crippen MR) is 136 cm³/mol. The fourth-order valence-corrected chi connectivity index (χ4v) is 4.63. The van der Waals surface area contributed by atoms with Crippen LogP contribution in [0.4, 0.5) is 0 Å². The van der Waals surface area contributed by atoms with Gasteiger partial charge in [0.15, 0.2) is 0 Å². The molecule has 0 fully saturated rings. The summed E-state index contributed by atoms with van der Waals surface area (Å²) in [7, 11) is 0. The Labute approximate surface area is 195 Å². The summed E-state index contributed by atoms with van der Waals surface area (Å²) >= 11 is 1.84. The number of hydrogen-bond donors (Lipinski definition) is 2. The van der Waals surface area contributed by atoms with Crippen LogP contribution in [0.5, 0.6) is 11.5 Å². The number of H-pyrrole nitrogens is 1. The Morgan fingerprint density at radius 2 is 1.56 bits per heavy atom. The van der Waals surface area contributed by atoms with Crippen LogP contribution in [0.1, 0.15) is 65.5 Å². The first kappa shape index (κ1) is 24.2. The maximum absolute atomic E-state index is 11.4. The van der Waals surface area contributed by atoms with E-state index in [-0.39, 0.29) is 16.4 Å². The van der Waals surface area contributed by atoms with Crippen LogP contribution in [0.3, 0.4) is 0 Å². The van der Waals surface area contributed by atoms with E-state index in [9.17, 15) is 9.90 Å². The molecule has 0 bridgehead atoms. The molecule has 1 heterocycles. The van der Waals surface area contributed by atoms with Gasteiger partial charge in [0.2, 0.25) is 5.56 Å². The fraction of sp³-hybridized carbons (Fsp3) is 0.444. The summed E-state index contributed by atoms with van der Waals surface area (Å²) in [5.74, 6) is 2.25. The van der Waals surface area contributed by atoms with Gasteiger partial charge in [-0.1, -0.05) is 41.5 Å². The van der Waals surface area contributed by atoms with E-state index in [1.807, 2.05) is 36.0 Å². The average molecular weight is 454 g/mol. The molecule has 0 aliphatic heterocycles. The van der Waals surface area contributed by atoms with Crippen molar-refractivity contribution in [2.45, 2.75) is 70.1 Å². The van der Waals surface area contributed by atoms with Crippen molar-refractivity contribution < 1.29 is 9.84 Å². The quantitative estimate of drug-likeness (QED) is 0.306. The van der Waals surface area contributed by atoms with Crippen molar-refractivity contribution in [1.82, 2.24) is 4.98 Å². The second kappa shape index (κ2) is 9.62. The van der Waals surface area contributed by atoms with Crippen LogP contribution in [-0.4, -0.2) is 22.5 Å². The number of thioether (sulfide) groups is 1. The van der Waals surface area contributed by atoms with Crippen molar-refractivity contribution in [3.05, 3.63) is 63.9 Å². The minimum atomic E-state index is -0.110. The molecule has 32 heavy (non-hydrogen) atoms. The molecule has 0 saturated heterocycles. The van der Waals surface area contributed by atoms with Crippen molar-refractivity contribution in [3.8, 4) is 11.5 Å². The first-order valence-electron chi connectivity index (χ1n) is 11.2. The number of benzene rings is 2. The molecule has 4 nitrogen and oxygen atoms in total. The van der Waals surface area contributed by atoms with Gasteiger partial charge < -0.3 is 14.8 Å². The van der Waals surface area contributed by atoms with E-state index in [1.165, 1.54) is 11.0 Å². The van der Waals surface area contributed by atoms with E-state index in [2.05, 4.69) is 58.7 Å². The molecule has 0 aliphatic carbocycles. The van der Waals surface area contributed by atoms with Crippen LogP contribution in [-0.2, 0) is 10.8 Å². The largest absolute Gasteiger partial charge is 0.507 e. The lowest BCUT2D eigenvalue weighted by Crippen LogP contribution is -2.17. The third kappa shape index (κ3) is 6.10. The second-order valence-electron chi connectivity index (χ2n) is 10.3. The van der Waals surface area contributed by atoms with Gasteiger partial charge in [-0.3, -0.25) is 4.79 Å². The summed E-state index contributed by atoms with van der Waals surface area (Å²) < 4.78 is 5.91. The number of unbranched alkanes of at least 4 members (excludes halogenated alkanes) is 1. The number of aromatic amines is 1. The number of pyridine rings is 1. The SMILES string of the molecule is CC(C)(C)c1cc(SCCCCOc2ccc3[nH]c(=O)ccc3c2)cc(C(C)(C)C)c1O. The molecule has 3 rings (SSSR count). The van der Waals surface area contributed by atoms with Crippen molar-refractivity contribution in [2.75, 3.05) is 12.4 Å². The Kier molecular flexibility index (Phi) is 7.29. The van der Waals surface area contributed by atoms with Gasteiger partial charge in [-0.2, -0.15) is 0 Å². The van der Waals surface area contributed by atoms with E-state index in [0.717, 1.165) is 46.4 Å². The van der Waals surface area contributed by atoms with E-state index in [1.54, 1.807) is 0 Å². The molecule has 0 aliphatic rings. The van der Waals surface area contributed by atoms with Gasteiger partial charge in [0, 0.05) is 33.0 Å². The number of nitrogens with one attached hydrogen (secondary N) is 1. The number of ether oxygens (including phenoxy) is 1. The van der Waals surface area contributed by atoms with Crippen LogP contribution in [0.2, 0.25) is 0 Å². The third-order valence-electron chi connectivity index (χ3n) is 5.47. The Morgan fingerprint density at radius 1 is 0.906 bits per heavy atom. The van der Waals surface area contributed by atoms with Crippen molar-refractivity contribution in [2.24, 2.45) is 0 Å². The molecule has 0 saturated carbocycles. The summed E-state index contributed by atoms with van der Waals surface area (Å²) in [6.07, 6.45) is 2.01. The zero-order valence-electron chi connectivity index (χ0n) is 20.0. The Hall–Kier alpha value is -2.40. The number of rotatable bonds is 7. The molecular weight excluding hydrogens is 418 g/mol. The fourth-order valence-electron chi connectivity index (χ4n) is 3.64. The maximum Gasteiger partial charge on any atom is 0.248 e. The van der Waals surface area contributed by atoms with Crippen LogP contribution >= 0.6 is 11.8 Å². The third-order valence-corrected chi connectivity index (χ3v) is 6.53. The average Bonchev–Trinajstić information content (AvgIpc) is 2.69. The normalized spacial score (nSPS) is 12.3. The number of aromatic hydroxyl groups is 1. The number of hydrogen-bond acceptors (Lipinski definition) is 4. The summed E-state index contributed by atoms with van der Waals surface area (Å²) in [5.41, 5.74) is 2.52. The van der Waals surface area contributed by atoms with Gasteiger partial charge in [-0.15, -0.1) is 11.8 Å². The first-order chi connectivity index (χ1) is 14.9. The molecule has 0 radical (unpaired) electrons. The molecule has 2 N–H and O–H groups in total. The second-order valence-corrected chi connectivity index (χ2v) is 11.5. The summed E-state index contributed by atoms with van der Waals surface area (Å²) in [5, 5.41) is 11.8. The minimum Gasteiger partial charge on any atom is -0.507 e. The summed E-state index contributed by atoms with van der Waals surface area (Å²) in [6.45, 7) is 13.5. The van der Waals surface area contributed by atoms with Gasteiger partial charge in [-0.05, 0) is 65.8 Å². The number of fused-ring (bicyclic) bond motifs is 1. The molecule has 3 aromatic rings. The first-order valence-corrected chi connectivity index (χ1v) is 12.2. The lowest BCUT2D eigenvalue weighted by molar-refractivity contribution is 0.310.